The molecule has 0 atom stereocenters. The Balaban J connectivity index is 2.44. The number of hydrogen-bond donors (Lipinski definition) is 0. The van der Waals surface area contributed by atoms with Gasteiger partial charge in [-0.15, -0.1) is 0 Å². The molecule has 11 heavy (non-hydrogen) atoms. The second kappa shape index (κ2) is 3.63. The standard InChI is InChI=1S/C6H9N5/c1-11-5-6(4-9-11)2-3-8-10-7/h4-5H,2-3H2,1H3. The first-order valence-corrected chi connectivity index (χ1v) is 3.31. The lowest BCUT2D eigenvalue weighted by Gasteiger charge is -1.87. The van der Waals surface area contributed by atoms with E-state index in [2.05, 4.69) is 15.1 Å². The number of hydrogen-bond acceptors (Lipinski definition) is 2. The minimum Gasteiger partial charge on any atom is -0.276 e. The third kappa shape index (κ3) is 2.31. The van der Waals surface area contributed by atoms with Crippen LogP contribution in [0.5, 0.6) is 0 Å². The van der Waals surface area contributed by atoms with Crippen molar-refractivity contribution in [3.63, 3.8) is 0 Å². The molecule has 1 heterocycles. The minimum absolute atomic E-state index is 0.502. The Morgan fingerprint density at radius 1 is 1.82 bits per heavy atom. The molecular formula is C6H9N5. The van der Waals surface area contributed by atoms with Crippen LogP contribution in [0.3, 0.4) is 0 Å². The summed E-state index contributed by atoms with van der Waals surface area (Å²) in [4.78, 5) is 2.66. The van der Waals surface area contributed by atoms with Crippen molar-refractivity contribution >= 4 is 0 Å². The lowest BCUT2D eigenvalue weighted by molar-refractivity contribution is 0.766. The molecular weight excluding hydrogens is 142 g/mol. The van der Waals surface area contributed by atoms with Gasteiger partial charge in [-0.2, -0.15) is 5.10 Å². The van der Waals surface area contributed by atoms with Gasteiger partial charge in [-0.05, 0) is 17.5 Å². The van der Waals surface area contributed by atoms with Crippen LogP contribution in [0.15, 0.2) is 17.5 Å². The van der Waals surface area contributed by atoms with E-state index in [1.54, 1.807) is 10.9 Å². The quantitative estimate of drug-likeness (QED) is 0.364. The zero-order valence-electron chi connectivity index (χ0n) is 6.30. The van der Waals surface area contributed by atoms with E-state index < -0.39 is 0 Å². The van der Waals surface area contributed by atoms with Gasteiger partial charge in [0.15, 0.2) is 0 Å². The van der Waals surface area contributed by atoms with Crippen LogP contribution in [0.2, 0.25) is 0 Å². The van der Waals surface area contributed by atoms with Crippen molar-refractivity contribution in [2.45, 2.75) is 6.42 Å². The monoisotopic (exact) mass is 151 g/mol. The summed E-state index contributed by atoms with van der Waals surface area (Å²) in [5.41, 5.74) is 9.08. The predicted octanol–water partition coefficient (Wildman–Crippen LogP) is 1.27. The van der Waals surface area contributed by atoms with Crippen molar-refractivity contribution < 1.29 is 0 Å². The molecule has 5 nitrogen and oxygen atoms in total. The molecule has 0 saturated carbocycles. The number of aromatic nitrogens is 2. The second-order valence-corrected chi connectivity index (χ2v) is 2.23. The SMILES string of the molecule is Cn1cc(CCN=[N+]=[N-])cn1. The van der Waals surface area contributed by atoms with Gasteiger partial charge >= 0.3 is 0 Å². The highest BCUT2D eigenvalue weighted by atomic mass is 15.2. The van der Waals surface area contributed by atoms with Crippen molar-refractivity contribution in [2.24, 2.45) is 12.2 Å². The Labute approximate surface area is 64.3 Å². The van der Waals surface area contributed by atoms with E-state index >= 15 is 0 Å². The summed E-state index contributed by atoms with van der Waals surface area (Å²) in [7, 11) is 1.86. The maximum absolute atomic E-state index is 7.99. The summed E-state index contributed by atoms with van der Waals surface area (Å²) in [6.07, 6.45) is 4.44. The van der Waals surface area contributed by atoms with E-state index in [-0.39, 0.29) is 0 Å². The van der Waals surface area contributed by atoms with Gasteiger partial charge < -0.3 is 0 Å². The molecule has 0 bridgehead atoms. The fourth-order valence-corrected chi connectivity index (χ4v) is 0.825. The molecule has 1 rings (SSSR count). The van der Waals surface area contributed by atoms with E-state index in [1.165, 1.54) is 0 Å². The summed E-state index contributed by atoms with van der Waals surface area (Å²) in [5.74, 6) is 0. The zero-order chi connectivity index (χ0) is 8.10. The van der Waals surface area contributed by atoms with Crippen LogP contribution in [-0.2, 0) is 13.5 Å². The molecule has 0 unspecified atom stereocenters. The minimum atomic E-state index is 0.502. The third-order valence-electron chi connectivity index (χ3n) is 1.32. The van der Waals surface area contributed by atoms with Gasteiger partial charge in [-0.3, -0.25) is 4.68 Å². The molecule has 0 aliphatic carbocycles. The highest BCUT2D eigenvalue weighted by Gasteiger charge is 1.92. The first kappa shape index (κ1) is 7.63. The Bertz CT molecular complexity index is 270. The number of aryl methyl sites for hydroxylation is 1. The van der Waals surface area contributed by atoms with Crippen LogP contribution < -0.4 is 0 Å². The summed E-state index contributed by atoms with van der Waals surface area (Å²) in [5, 5.41) is 7.40. The maximum atomic E-state index is 7.99. The normalized spacial score (nSPS) is 9.18. The van der Waals surface area contributed by atoms with Crippen LogP contribution in [-0.4, -0.2) is 16.3 Å². The van der Waals surface area contributed by atoms with Crippen molar-refractivity contribution in [1.82, 2.24) is 9.78 Å². The van der Waals surface area contributed by atoms with Gasteiger partial charge in [0.1, 0.15) is 0 Å². The highest BCUT2D eigenvalue weighted by molar-refractivity contribution is 5.03. The largest absolute Gasteiger partial charge is 0.276 e. The molecule has 0 amide bonds. The summed E-state index contributed by atoms with van der Waals surface area (Å²) in [6.45, 7) is 0.502. The van der Waals surface area contributed by atoms with Crippen LogP contribution in [0.25, 0.3) is 10.4 Å². The van der Waals surface area contributed by atoms with Gasteiger partial charge in [-0.25, -0.2) is 0 Å². The number of rotatable bonds is 3. The molecule has 0 fully saturated rings. The van der Waals surface area contributed by atoms with E-state index in [0.717, 1.165) is 12.0 Å². The molecule has 1 aromatic rings. The Kier molecular flexibility index (Phi) is 2.52. The van der Waals surface area contributed by atoms with Gasteiger partial charge in [0.25, 0.3) is 0 Å². The predicted molar refractivity (Wildman–Crippen MR) is 40.9 cm³/mol. The molecule has 0 radical (unpaired) electrons. The molecule has 5 heteroatoms. The van der Waals surface area contributed by atoms with Gasteiger partial charge in [-0.1, -0.05) is 5.11 Å². The van der Waals surface area contributed by atoms with Crippen LogP contribution >= 0.6 is 0 Å². The summed E-state index contributed by atoms with van der Waals surface area (Å²) < 4.78 is 1.73. The summed E-state index contributed by atoms with van der Waals surface area (Å²) in [6, 6.07) is 0. The Hall–Kier alpha value is -1.48. The first-order valence-electron chi connectivity index (χ1n) is 3.31. The van der Waals surface area contributed by atoms with E-state index in [9.17, 15) is 0 Å². The average Bonchev–Trinajstić information content (AvgIpc) is 2.37. The van der Waals surface area contributed by atoms with Crippen molar-refractivity contribution in [1.29, 1.82) is 0 Å². The fraction of sp³-hybridized carbons (Fsp3) is 0.500. The van der Waals surface area contributed by atoms with E-state index in [0.29, 0.717) is 6.54 Å². The molecule has 0 N–H and O–H groups in total. The average molecular weight is 151 g/mol. The van der Waals surface area contributed by atoms with Crippen molar-refractivity contribution in [3.05, 3.63) is 28.4 Å². The molecule has 0 spiro atoms. The zero-order valence-corrected chi connectivity index (χ0v) is 6.30. The van der Waals surface area contributed by atoms with Crippen molar-refractivity contribution in [3.8, 4) is 0 Å². The van der Waals surface area contributed by atoms with Crippen LogP contribution in [0, 0.1) is 0 Å². The van der Waals surface area contributed by atoms with Crippen LogP contribution in [0.1, 0.15) is 5.56 Å². The topological polar surface area (TPSA) is 66.6 Å². The molecule has 0 aliphatic heterocycles. The second-order valence-electron chi connectivity index (χ2n) is 2.23. The van der Waals surface area contributed by atoms with Crippen LogP contribution in [0.4, 0.5) is 0 Å². The van der Waals surface area contributed by atoms with Gasteiger partial charge in [0, 0.05) is 24.7 Å². The Morgan fingerprint density at radius 3 is 3.18 bits per heavy atom. The lowest BCUT2D eigenvalue weighted by Crippen LogP contribution is -1.86. The first-order chi connectivity index (χ1) is 5.33. The molecule has 1 aromatic heterocycles. The van der Waals surface area contributed by atoms with E-state index in [4.69, 9.17) is 5.53 Å². The Morgan fingerprint density at radius 2 is 2.64 bits per heavy atom. The number of azide groups is 1. The van der Waals surface area contributed by atoms with Crippen molar-refractivity contribution in [2.75, 3.05) is 6.54 Å². The molecule has 0 aromatic carbocycles. The van der Waals surface area contributed by atoms with E-state index in [1.807, 2.05) is 13.2 Å². The highest BCUT2D eigenvalue weighted by Crippen LogP contribution is 1.96. The summed E-state index contributed by atoms with van der Waals surface area (Å²) >= 11 is 0. The maximum Gasteiger partial charge on any atom is 0.0521 e. The van der Waals surface area contributed by atoms with Gasteiger partial charge in [0.05, 0.1) is 6.20 Å². The molecule has 0 aliphatic rings. The molecule has 58 valence electrons. The smallest absolute Gasteiger partial charge is 0.0521 e. The van der Waals surface area contributed by atoms with Gasteiger partial charge in [0.2, 0.25) is 0 Å². The lowest BCUT2D eigenvalue weighted by atomic mass is 10.3. The molecule has 0 saturated heterocycles. The fourth-order valence-electron chi connectivity index (χ4n) is 0.825. The number of nitrogens with zero attached hydrogens (tertiary/aromatic N) is 5. The third-order valence-corrected chi connectivity index (χ3v) is 1.32.